The summed E-state index contributed by atoms with van der Waals surface area (Å²) < 4.78 is -1.79. The molecule has 0 saturated heterocycles. The fourth-order valence-electron chi connectivity index (χ4n) is 2.51. The van der Waals surface area contributed by atoms with Crippen molar-refractivity contribution in [3.8, 4) is 6.07 Å². The normalized spacial score (nSPS) is 14.8. The Morgan fingerprint density at radius 2 is 2.04 bits per heavy atom. The van der Waals surface area contributed by atoms with Gasteiger partial charge in [-0.05, 0) is 43.5 Å². The van der Waals surface area contributed by atoms with Crippen molar-refractivity contribution in [1.29, 1.82) is 5.26 Å². The first-order valence-corrected chi connectivity index (χ1v) is 10.1. The number of halogens is 3. The highest BCUT2D eigenvalue weighted by atomic mass is 35.6. The molecule has 2 rings (SSSR count). The van der Waals surface area contributed by atoms with E-state index < -0.39 is 9.96 Å². The Labute approximate surface area is 171 Å². The maximum absolute atomic E-state index is 11.6. The number of anilines is 1. The van der Waals surface area contributed by atoms with Gasteiger partial charge < -0.3 is 16.0 Å². The number of carbonyl (C=O) groups excluding carboxylic acids is 1. The summed E-state index contributed by atoms with van der Waals surface area (Å²) in [6.07, 6.45) is 3.33. The standard InChI is InChI=1S/C15H17Cl3N4OS2/c1-2-11(23)20-13(15(16,17)18)22-14(24)21-12-9(7-19)8-5-3-4-6-10(8)25-12/h13H,2-6H2,1H3,(H,20,23)(H2,21,22,24). The third-order valence-corrected chi connectivity index (χ3v) is 5.82. The first kappa shape index (κ1) is 20.5. The number of alkyl halides is 3. The van der Waals surface area contributed by atoms with Crippen molar-refractivity contribution in [2.75, 3.05) is 5.32 Å². The number of thiophene rings is 1. The average molecular weight is 440 g/mol. The van der Waals surface area contributed by atoms with Crippen LogP contribution in [0.15, 0.2) is 0 Å². The number of nitrogens with one attached hydrogen (secondary N) is 3. The quantitative estimate of drug-likeness (QED) is 0.375. The lowest BCUT2D eigenvalue weighted by molar-refractivity contribution is -0.121. The highest BCUT2D eigenvalue weighted by molar-refractivity contribution is 7.80. The second-order valence-electron chi connectivity index (χ2n) is 5.52. The minimum Gasteiger partial charge on any atom is -0.339 e. The van der Waals surface area contributed by atoms with Gasteiger partial charge in [-0.25, -0.2) is 0 Å². The number of aryl methyl sites for hydroxylation is 1. The molecule has 1 aliphatic rings. The Morgan fingerprint density at radius 1 is 1.36 bits per heavy atom. The molecule has 0 aromatic carbocycles. The van der Waals surface area contributed by atoms with E-state index in [9.17, 15) is 10.1 Å². The molecule has 1 amide bonds. The average Bonchev–Trinajstić information content (AvgIpc) is 2.89. The molecule has 1 aromatic heterocycles. The maximum atomic E-state index is 11.6. The molecular weight excluding hydrogens is 423 g/mol. The first-order valence-electron chi connectivity index (χ1n) is 7.74. The monoisotopic (exact) mass is 438 g/mol. The molecule has 0 radical (unpaired) electrons. The zero-order chi connectivity index (χ0) is 18.6. The van der Waals surface area contributed by atoms with Gasteiger partial charge in [0.2, 0.25) is 9.70 Å². The highest BCUT2D eigenvalue weighted by Gasteiger charge is 2.34. The molecule has 10 heteroatoms. The van der Waals surface area contributed by atoms with E-state index in [1.807, 2.05) is 0 Å². The van der Waals surface area contributed by atoms with Gasteiger partial charge in [-0.1, -0.05) is 41.7 Å². The Hall–Kier alpha value is -0.780. The van der Waals surface area contributed by atoms with Gasteiger partial charge >= 0.3 is 0 Å². The lowest BCUT2D eigenvalue weighted by Gasteiger charge is -2.27. The lowest BCUT2D eigenvalue weighted by Crippen LogP contribution is -2.56. The molecule has 0 saturated carbocycles. The zero-order valence-electron chi connectivity index (χ0n) is 13.4. The number of rotatable bonds is 4. The van der Waals surface area contributed by atoms with Crippen LogP contribution in [0.5, 0.6) is 0 Å². The van der Waals surface area contributed by atoms with Crippen molar-refractivity contribution in [3.05, 3.63) is 16.0 Å². The molecule has 0 aliphatic heterocycles. The third kappa shape index (κ3) is 5.35. The Morgan fingerprint density at radius 3 is 2.64 bits per heavy atom. The first-order chi connectivity index (χ1) is 11.8. The van der Waals surface area contributed by atoms with Crippen molar-refractivity contribution in [1.82, 2.24) is 10.6 Å². The van der Waals surface area contributed by atoms with Crippen molar-refractivity contribution >= 4 is 74.4 Å². The molecule has 0 spiro atoms. The minimum atomic E-state index is -1.79. The van der Waals surface area contributed by atoms with E-state index in [1.165, 1.54) is 16.2 Å². The summed E-state index contributed by atoms with van der Waals surface area (Å²) in [5.41, 5.74) is 1.72. The summed E-state index contributed by atoms with van der Waals surface area (Å²) in [6, 6.07) is 2.25. The number of hydrogen-bond donors (Lipinski definition) is 3. The van der Waals surface area contributed by atoms with Crippen molar-refractivity contribution in [3.63, 3.8) is 0 Å². The van der Waals surface area contributed by atoms with Crippen molar-refractivity contribution in [2.45, 2.75) is 49.0 Å². The number of carbonyl (C=O) groups is 1. The van der Waals surface area contributed by atoms with E-state index in [-0.39, 0.29) is 17.4 Å². The van der Waals surface area contributed by atoms with E-state index in [0.29, 0.717) is 10.6 Å². The van der Waals surface area contributed by atoms with E-state index >= 15 is 0 Å². The SMILES string of the molecule is CCC(=O)NC(NC(=S)Nc1sc2c(c1C#N)CCCC2)C(Cl)(Cl)Cl. The molecule has 1 heterocycles. The van der Waals surface area contributed by atoms with Gasteiger partial charge in [0.15, 0.2) is 5.11 Å². The number of thiocarbonyl (C=S) groups is 1. The molecule has 136 valence electrons. The van der Waals surface area contributed by atoms with Gasteiger partial charge in [0.1, 0.15) is 17.2 Å². The molecule has 1 aromatic rings. The van der Waals surface area contributed by atoms with Crippen molar-refractivity contribution < 1.29 is 4.79 Å². The molecule has 5 nitrogen and oxygen atoms in total. The van der Waals surface area contributed by atoms with Gasteiger partial charge in [-0.3, -0.25) is 4.79 Å². The number of amides is 1. The Kier molecular flexibility index (Phi) is 7.18. The van der Waals surface area contributed by atoms with Crippen LogP contribution in [0.3, 0.4) is 0 Å². The molecule has 1 aliphatic carbocycles. The van der Waals surface area contributed by atoms with Crippen LogP contribution >= 0.6 is 58.4 Å². The molecule has 3 N–H and O–H groups in total. The summed E-state index contributed by atoms with van der Waals surface area (Å²) in [6.45, 7) is 1.69. The van der Waals surface area contributed by atoms with Gasteiger partial charge in [-0.2, -0.15) is 5.26 Å². The Balaban J connectivity index is 2.12. The fourth-order valence-corrected chi connectivity index (χ4v) is 4.36. The van der Waals surface area contributed by atoms with E-state index in [0.717, 1.165) is 31.2 Å². The number of nitriles is 1. The van der Waals surface area contributed by atoms with Crippen molar-refractivity contribution in [2.24, 2.45) is 0 Å². The van der Waals surface area contributed by atoms with Crippen LogP contribution in [-0.4, -0.2) is 21.0 Å². The third-order valence-electron chi connectivity index (χ3n) is 3.74. The van der Waals surface area contributed by atoms with Crippen LogP contribution in [0.1, 0.15) is 42.2 Å². The number of nitrogens with zero attached hydrogens (tertiary/aromatic N) is 1. The fraction of sp³-hybridized carbons (Fsp3) is 0.533. The Bertz CT molecular complexity index is 709. The van der Waals surface area contributed by atoms with Gasteiger partial charge in [0.25, 0.3) is 0 Å². The van der Waals surface area contributed by atoms with Gasteiger partial charge in [0, 0.05) is 11.3 Å². The number of hydrogen-bond acceptors (Lipinski definition) is 4. The van der Waals surface area contributed by atoms with E-state index in [4.69, 9.17) is 47.0 Å². The van der Waals surface area contributed by atoms with Crippen LogP contribution in [-0.2, 0) is 17.6 Å². The van der Waals surface area contributed by atoms with Crippen LogP contribution < -0.4 is 16.0 Å². The summed E-state index contributed by atoms with van der Waals surface area (Å²) in [5, 5.41) is 18.7. The second-order valence-corrected chi connectivity index (χ2v) is 9.40. The van der Waals surface area contributed by atoms with Crippen LogP contribution in [0, 0.1) is 11.3 Å². The minimum absolute atomic E-state index is 0.169. The maximum Gasteiger partial charge on any atom is 0.228 e. The molecule has 1 unspecified atom stereocenters. The molecule has 1 atom stereocenters. The zero-order valence-corrected chi connectivity index (χ0v) is 17.3. The van der Waals surface area contributed by atoms with E-state index in [1.54, 1.807) is 6.92 Å². The summed E-state index contributed by atoms with van der Waals surface area (Å²) >= 11 is 24.5. The van der Waals surface area contributed by atoms with Crippen LogP contribution in [0.2, 0.25) is 0 Å². The second kappa shape index (κ2) is 8.74. The smallest absolute Gasteiger partial charge is 0.228 e. The van der Waals surface area contributed by atoms with Crippen LogP contribution in [0.4, 0.5) is 5.00 Å². The summed E-state index contributed by atoms with van der Waals surface area (Å²) in [7, 11) is 0. The highest BCUT2D eigenvalue weighted by Crippen LogP contribution is 2.37. The summed E-state index contributed by atoms with van der Waals surface area (Å²) in [5.74, 6) is -0.282. The van der Waals surface area contributed by atoms with E-state index in [2.05, 4.69) is 22.0 Å². The van der Waals surface area contributed by atoms with Gasteiger partial charge in [-0.15, -0.1) is 11.3 Å². The van der Waals surface area contributed by atoms with Gasteiger partial charge in [0.05, 0.1) is 5.56 Å². The van der Waals surface area contributed by atoms with Crippen LogP contribution in [0.25, 0.3) is 0 Å². The summed E-state index contributed by atoms with van der Waals surface area (Å²) in [4.78, 5) is 12.8. The molecule has 25 heavy (non-hydrogen) atoms. The predicted octanol–water partition coefficient (Wildman–Crippen LogP) is 4.01. The number of fused-ring (bicyclic) bond motifs is 1. The predicted molar refractivity (Wildman–Crippen MR) is 108 cm³/mol. The molecule has 0 bridgehead atoms. The lowest BCUT2D eigenvalue weighted by atomic mass is 9.96. The topological polar surface area (TPSA) is 77.0 Å². The molecule has 0 fully saturated rings. The largest absolute Gasteiger partial charge is 0.339 e. The molecular formula is C15H17Cl3N4OS2.